The number of nitrogens with one attached hydrogen (secondary N) is 1. The smallest absolute Gasteiger partial charge is 0.256 e. The van der Waals surface area contributed by atoms with Crippen LogP contribution in [0.15, 0.2) is 53.0 Å². The number of halogens is 3. The van der Waals surface area contributed by atoms with E-state index in [9.17, 15) is 13.6 Å². The van der Waals surface area contributed by atoms with E-state index >= 15 is 0 Å². The zero-order valence-corrected chi connectivity index (χ0v) is 19.6. The van der Waals surface area contributed by atoms with Gasteiger partial charge >= 0.3 is 0 Å². The highest BCUT2D eigenvalue weighted by Crippen LogP contribution is 2.56. The van der Waals surface area contributed by atoms with E-state index in [0.717, 1.165) is 28.6 Å². The summed E-state index contributed by atoms with van der Waals surface area (Å²) in [6.07, 6.45) is 8.01. The molecule has 1 saturated heterocycles. The van der Waals surface area contributed by atoms with Crippen LogP contribution in [0.2, 0.25) is 0 Å². The van der Waals surface area contributed by atoms with Gasteiger partial charge in [0.05, 0.1) is 0 Å². The molecule has 168 valence electrons. The predicted molar refractivity (Wildman–Crippen MR) is 128 cm³/mol. The molecule has 1 N–H and O–H groups in total. The lowest BCUT2D eigenvalue weighted by Crippen LogP contribution is -2.39. The molecule has 2 fully saturated rings. The van der Waals surface area contributed by atoms with Crippen molar-refractivity contribution in [1.82, 2.24) is 0 Å². The summed E-state index contributed by atoms with van der Waals surface area (Å²) in [5.41, 5.74) is 4.97. The van der Waals surface area contributed by atoms with Gasteiger partial charge in [-0.2, -0.15) is 0 Å². The number of carbonyl (C=O) groups is 1. The minimum absolute atomic E-state index is 0.137. The lowest BCUT2D eigenvalue weighted by Gasteiger charge is -2.33. The van der Waals surface area contributed by atoms with Gasteiger partial charge in [0.15, 0.2) is 0 Å². The average Bonchev–Trinajstić information content (AvgIpc) is 3.53. The molecular formula is C26H27BrF2N2O. The van der Waals surface area contributed by atoms with Crippen LogP contribution in [0.5, 0.6) is 0 Å². The van der Waals surface area contributed by atoms with E-state index in [1.165, 1.54) is 24.8 Å². The number of nitrogens with zero attached hydrogens (tertiary/aromatic N) is 1. The second-order valence-corrected chi connectivity index (χ2v) is 10.4. The van der Waals surface area contributed by atoms with Crippen molar-refractivity contribution in [2.45, 2.75) is 50.9 Å². The number of alkyl halides is 2. The van der Waals surface area contributed by atoms with Crippen LogP contribution in [-0.4, -0.2) is 24.9 Å². The number of benzene rings is 2. The molecule has 6 heteroatoms. The summed E-state index contributed by atoms with van der Waals surface area (Å²) in [5.74, 6) is -2.73. The van der Waals surface area contributed by atoms with Gasteiger partial charge < -0.3 is 10.2 Å². The molecule has 0 atom stereocenters. The van der Waals surface area contributed by atoms with Crippen molar-refractivity contribution >= 4 is 38.8 Å². The minimum atomic E-state index is -2.58. The second kappa shape index (κ2) is 8.29. The Labute approximate surface area is 196 Å². The number of allylic oxidation sites excluding steroid dienone is 2. The van der Waals surface area contributed by atoms with Gasteiger partial charge in [0.1, 0.15) is 0 Å². The fourth-order valence-corrected chi connectivity index (χ4v) is 5.23. The molecule has 3 aliphatic rings. The number of hydrogen-bond acceptors (Lipinski definition) is 2. The van der Waals surface area contributed by atoms with E-state index < -0.39 is 5.92 Å². The Morgan fingerprint density at radius 2 is 1.78 bits per heavy atom. The van der Waals surface area contributed by atoms with Crippen molar-refractivity contribution < 1.29 is 13.6 Å². The standard InChI is InChI=1S/C26H27BrF2N2O/c27-19-4-5-22(23(16-19)18-6-8-25(9-7-18)10-11-25)24(32)30-20-2-1-3-21(17-20)31-14-12-26(28,29)13-15-31/h1-6,16-17H,7-15H2,(H,30,32). The maximum atomic E-state index is 13.5. The predicted octanol–water partition coefficient (Wildman–Crippen LogP) is 7.28. The number of amides is 1. The van der Waals surface area contributed by atoms with Crippen LogP contribution in [0.3, 0.4) is 0 Å². The number of rotatable bonds is 4. The number of piperidine rings is 1. The highest BCUT2D eigenvalue weighted by Gasteiger charge is 2.43. The van der Waals surface area contributed by atoms with Crippen LogP contribution in [0.4, 0.5) is 20.2 Å². The third-order valence-electron chi connectivity index (χ3n) is 7.20. The van der Waals surface area contributed by atoms with Crippen molar-refractivity contribution in [3.63, 3.8) is 0 Å². The maximum absolute atomic E-state index is 13.5. The fourth-order valence-electron chi connectivity index (χ4n) is 4.87. The monoisotopic (exact) mass is 500 g/mol. The van der Waals surface area contributed by atoms with E-state index in [1.807, 2.05) is 47.4 Å². The molecule has 1 aliphatic heterocycles. The van der Waals surface area contributed by atoms with Gasteiger partial charge in [-0.1, -0.05) is 28.1 Å². The van der Waals surface area contributed by atoms with Crippen molar-refractivity contribution in [1.29, 1.82) is 0 Å². The first-order chi connectivity index (χ1) is 15.3. The molecule has 1 saturated carbocycles. The summed E-state index contributed by atoms with van der Waals surface area (Å²) in [6, 6.07) is 13.3. The molecule has 0 unspecified atom stereocenters. The number of anilines is 2. The maximum Gasteiger partial charge on any atom is 0.256 e. The first-order valence-electron chi connectivity index (χ1n) is 11.4. The largest absolute Gasteiger partial charge is 0.371 e. The Bertz CT molecular complexity index is 1070. The molecule has 2 aliphatic carbocycles. The van der Waals surface area contributed by atoms with Gasteiger partial charge in [-0.25, -0.2) is 8.78 Å². The second-order valence-electron chi connectivity index (χ2n) is 9.47. The van der Waals surface area contributed by atoms with Gasteiger partial charge in [-0.05, 0) is 85.1 Å². The molecule has 0 aromatic heterocycles. The zero-order valence-electron chi connectivity index (χ0n) is 18.0. The number of hydrogen-bond donors (Lipinski definition) is 1. The molecule has 1 amide bonds. The first kappa shape index (κ1) is 21.6. The first-order valence-corrected chi connectivity index (χ1v) is 12.2. The third kappa shape index (κ3) is 4.61. The summed E-state index contributed by atoms with van der Waals surface area (Å²) in [5, 5.41) is 3.03. The summed E-state index contributed by atoms with van der Waals surface area (Å²) in [6.45, 7) is 0.633. The Morgan fingerprint density at radius 3 is 2.47 bits per heavy atom. The molecular weight excluding hydrogens is 474 g/mol. The Morgan fingerprint density at radius 1 is 1.00 bits per heavy atom. The van der Waals surface area contributed by atoms with Crippen molar-refractivity contribution in [3.8, 4) is 0 Å². The topological polar surface area (TPSA) is 32.3 Å². The lowest BCUT2D eigenvalue weighted by molar-refractivity contribution is -0.0220. The number of carbonyl (C=O) groups excluding carboxylic acids is 1. The van der Waals surface area contributed by atoms with Crippen molar-refractivity contribution in [3.05, 3.63) is 64.1 Å². The van der Waals surface area contributed by atoms with Crippen LogP contribution < -0.4 is 10.2 Å². The van der Waals surface area contributed by atoms with E-state index in [0.29, 0.717) is 29.8 Å². The third-order valence-corrected chi connectivity index (χ3v) is 7.69. The highest BCUT2D eigenvalue weighted by atomic mass is 79.9. The summed E-state index contributed by atoms with van der Waals surface area (Å²) < 4.78 is 28.0. The van der Waals surface area contributed by atoms with Crippen LogP contribution in [-0.2, 0) is 0 Å². The van der Waals surface area contributed by atoms with E-state index in [4.69, 9.17) is 0 Å². The zero-order chi connectivity index (χ0) is 22.3. The van der Waals surface area contributed by atoms with Gasteiger partial charge in [-0.15, -0.1) is 0 Å². The van der Waals surface area contributed by atoms with Crippen molar-refractivity contribution in [2.24, 2.45) is 5.41 Å². The quantitative estimate of drug-likeness (QED) is 0.478. The molecule has 0 radical (unpaired) electrons. The minimum Gasteiger partial charge on any atom is -0.371 e. The van der Waals surface area contributed by atoms with Crippen LogP contribution >= 0.6 is 15.9 Å². The van der Waals surface area contributed by atoms with Gasteiger partial charge in [0.25, 0.3) is 11.8 Å². The van der Waals surface area contributed by atoms with Crippen LogP contribution in [0.25, 0.3) is 5.57 Å². The van der Waals surface area contributed by atoms with E-state index in [2.05, 4.69) is 27.3 Å². The SMILES string of the molecule is O=C(Nc1cccc(N2CCC(F)(F)CC2)c1)c1ccc(Br)cc1C1=CCC2(CC1)CC2. The lowest BCUT2D eigenvalue weighted by atomic mass is 9.83. The van der Waals surface area contributed by atoms with Gasteiger partial charge in [-0.3, -0.25) is 4.79 Å². The summed E-state index contributed by atoms with van der Waals surface area (Å²) >= 11 is 3.56. The molecule has 1 heterocycles. The van der Waals surface area contributed by atoms with Gasteiger partial charge in [0, 0.05) is 47.3 Å². The van der Waals surface area contributed by atoms with Gasteiger partial charge in [0.2, 0.25) is 0 Å². The Balaban J connectivity index is 1.34. The van der Waals surface area contributed by atoms with Crippen LogP contribution in [0.1, 0.15) is 60.9 Å². The normalized spacial score (nSPS) is 21.2. The van der Waals surface area contributed by atoms with Crippen LogP contribution in [0, 0.1) is 5.41 Å². The molecule has 0 bridgehead atoms. The Hall–Kier alpha value is -2.21. The molecule has 32 heavy (non-hydrogen) atoms. The molecule has 1 spiro atoms. The Kier molecular flexibility index (Phi) is 5.60. The fraction of sp³-hybridized carbons (Fsp3) is 0.423. The summed E-state index contributed by atoms with van der Waals surface area (Å²) in [7, 11) is 0. The summed E-state index contributed by atoms with van der Waals surface area (Å²) in [4.78, 5) is 15.2. The van der Waals surface area contributed by atoms with E-state index in [1.54, 1.807) is 0 Å². The molecule has 3 nitrogen and oxygen atoms in total. The average molecular weight is 501 g/mol. The van der Waals surface area contributed by atoms with E-state index in [-0.39, 0.29) is 18.7 Å². The molecule has 2 aromatic rings. The van der Waals surface area contributed by atoms with Crippen molar-refractivity contribution in [2.75, 3.05) is 23.3 Å². The molecule has 2 aromatic carbocycles. The molecule has 5 rings (SSSR count). The highest BCUT2D eigenvalue weighted by molar-refractivity contribution is 9.10.